The third-order valence-corrected chi connectivity index (χ3v) is 1.20. The zero-order valence-electron chi connectivity index (χ0n) is 6.93. The molecule has 0 aliphatic heterocycles. The summed E-state index contributed by atoms with van der Waals surface area (Å²) >= 11 is 0. The molecule has 0 unspecified atom stereocenters. The molecular formula is C7H12FNO2. The summed E-state index contributed by atoms with van der Waals surface area (Å²) in [4.78, 5) is 15.4. The van der Waals surface area contributed by atoms with Gasteiger partial charge in [-0.15, -0.1) is 0 Å². The van der Waals surface area contributed by atoms with E-state index in [2.05, 4.69) is 4.84 Å². The molecule has 64 valence electrons. The molecule has 0 saturated heterocycles. The first-order chi connectivity index (χ1) is 5.11. The standard InChI is InChI=1S/C7H12FNO2/c1-4-6(8)5-7(10)9(2)11-3/h5H,4H2,1-3H3/b6-5-. The predicted molar refractivity (Wildman–Crippen MR) is 39.3 cm³/mol. The fourth-order valence-electron chi connectivity index (χ4n) is 0.417. The third-order valence-electron chi connectivity index (χ3n) is 1.20. The maximum absolute atomic E-state index is 12.4. The van der Waals surface area contributed by atoms with Crippen molar-refractivity contribution in [2.45, 2.75) is 13.3 Å². The van der Waals surface area contributed by atoms with Crippen LogP contribution in [-0.4, -0.2) is 25.1 Å². The lowest BCUT2D eigenvalue weighted by molar-refractivity contribution is -0.162. The van der Waals surface area contributed by atoms with E-state index < -0.39 is 11.7 Å². The van der Waals surface area contributed by atoms with Crippen molar-refractivity contribution >= 4 is 5.91 Å². The molecule has 0 aromatic rings. The first kappa shape index (κ1) is 10.1. The van der Waals surface area contributed by atoms with Crippen molar-refractivity contribution in [2.75, 3.05) is 14.2 Å². The highest BCUT2D eigenvalue weighted by atomic mass is 19.1. The largest absolute Gasteiger partial charge is 0.274 e. The topological polar surface area (TPSA) is 29.5 Å². The second-order valence-corrected chi connectivity index (χ2v) is 1.96. The molecular weight excluding hydrogens is 149 g/mol. The Labute approximate surface area is 65.4 Å². The smallest absolute Gasteiger partial charge is 0.272 e. The maximum atomic E-state index is 12.4. The highest BCUT2D eigenvalue weighted by Crippen LogP contribution is 2.01. The number of halogens is 1. The van der Waals surface area contributed by atoms with Crippen LogP contribution in [0.2, 0.25) is 0 Å². The molecule has 0 spiro atoms. The van der Waals surface area contributed by atoms with Gasteiger partial charge in [-0.05, 0) is 6.42 Å². The van der Waals surface area contributed by atoms with Crippen LogP contribution < -0.4 is 0 Å². The van der Waals surface area contributed by atoms with Crippen molar-refractivity contribution < 1.29 is 14.0 Å². The van der Waals surface area contributed by atoms with E-state index >= 15 is 0 Å². The van der Waals surface area contributed by atoms with E-state index in [1.165, 1.54) is 14.2 Å². The SMILES string of the molecule is CC/C(F)=C/C(=O)N(C)OC. The number of likely N-dealkylation sites (N-methyl/N-ethyl adjacent to an activating group) is 1. The van der Waals surface area contributed by atoms with Gasteiger partial charge in [-0.2, -0.15) is 0 Å². The normalized spacial score (nSPS) is 11.5. The monoisotopic (exact) mass is 161 g/mol. The van der Waals surface area contributed by atoms with Gasteiger partial charge in [0.25, 0.3) is 5.91 Å². The number of rotatable bonds is 3. The van der Waals surface area contributed by atoms with Gasteiger partial charge in [0.05, 0.1) is 7.11 Å². The highest BCUT2D eigenvalue weighted by Gasteiger charge is 2.04. The molecule has 1 amide bonds. The van der Waals surface area contributed by atoms with Crippen LogP contribution in [0.25, 0.3) is 0 Å². The van der Waals surface area contributed by atoms with E-state index in [1.54, 1.807) is 6.92 Å². The lowest BCUT2D eigenvalue weighted by Gasteiger charge is -2.10. The molecule has 3 nitrogen and oxygen atoms in total. The van der Waals surface area contributed by atoms with Gasteiger partial charge in [0.15, 0.2) is 0 Å². The second kappa shape index (κ2) is 4.85. The molecule has 0 fully saturated rings. The van der Waals surface area contributed by atoms with E-state index in [0.29, 0.717) is 0 Å². The van der Waals surface area contributed by atoms with Gasteiger partial charge in [0.1, 0.15) is 5.83 Å². The Morgan fingerprint density at radius 1 is 1.73 bits per heavy atom. The van der Waals surface area contributed by atoms with E-state index in [9.17, 15) is 9.18 Å². The Morgan fingerprint density at radius 3 is 2.64 bits per heavy atom. The minimum Gasteiger partial charge on any atom is -0.274 e. The fraction of sp³-hybridized carbons (Fsp3) is 0.571. The minimum absolute atomic E-state index is 0.225. The molecule has 0 radical (unpaired) electrons. The number of carbonyl (C=O) groups is 1. The summed E-state index contributed by atoms with van der Waals surface area (Å²) in [5.41, 5.74) is 0. The first-order valence-electron chi connectivity index (χ1n) is 3.29. The predicted octanol–water partition coefficient (Wildman–Crippen LogP) is 1.27. The van der Waals surface area contributed by atoms with Gasteiger partial charge < -0.3 is 0 Å². The summed E-state index contributed by atoms with van der Waals surface area (Å²) < 4.78 is 12.4. The van der Waals surface area contributed by atoms with Gasteiger partial charge in [0.2, 0.25) is 0 Å². The average molecular weight is 161 g/mol. The van der Waals surface area contributed by atoms with E-state index in [-0.39, 0.29) is 6.42 Å². The van der Waals surface area contributed by atoms with Gasteiger partial charge in [-0.3, -0.25) is 9.63 Å². The molecule has 0 bridgehead atoms. The number of nitrogens with zero attached hydrogens (tertiary/aromatic N) is 1. The first-order valence-corrected chi connectivity index (χ1v) is 3.29. The molecule has 0 saturated carbocycles. The van der Waals surface area contributed by atoms with Gasteiger partial charge in [0, 0.05) is 13.1 Å². The molecule has 0 aliphatic carbocycles. The Bertz CT molecular complexity index is 168. The number of hydrogen-bond donors (Lipinski definition) is 0. The van der Waals surface area contributed by atoms with Gasteiger partial charge >= 0.3 is 0 Å². The zero-order valence-corrected chi connectivity index (χ0v) is 6.93. The summed E-state index contributed by atoms with van der Waals surface area (Å²) in [5.74, 6) is -0.939. The van der Waals surface area contributed by atoms with Gasteiger partial charge in [-0.25, -0.2) is 9.45 Å². The highest BCUT2D eigenvalue weighted by molar-refractivity contribution is 5.86. The van der Waals surface area contributed by atoms with Crippen LogP contribution in [0.1, 0.15) is 13.3 Å². The van der Waals surface area contributed by atoms with Crippen LogP contribution in [0.3, 0.4) is 0 Å². The molecule has 4 heteroatoms. The molecule has 0 rings (SSSR count). The molecule has 0 heterocycles. The number of carbonyl (C=O) groups excluding carboxylic acids is 1. The van der Waals surface area contributed by atoms with Crippen molar-refractivity contribution in [1.29, 1.82) is 0 Å². The van der Waals surface area contributed by atoms with E-state index in [1.807, 2.05) is 0 Å². The fourth-order valence-corrected chi connectivity index (χ4v) is 0.417. The van der Waals surface area contributed by atoms with Gasteiger partial charge in [-0.1, -0.05) is 6.92 Å². The summed E-state index contributed by atoms with van der Waals surface area (Å²) in [5, 5.41) is 0.954. The second-order valence-electron chi connectivity index (χ2n) is 1.96. The van der Waals surface area contributed by atoms with Crippen molar-refractivity contribution in [3.63, 3.8) is 0 Å². The van der Waals surface area contributed by atoms with Crippen LogP contribution in [0.5, 0.6) is 0 Å². The zero-order chi connectivity index (χ0) is 8.85. The summed E-state index contributed by atoms with van der Waals surface area (Å²) in [6, 6.07) is 0. The Hall–Kier alpha value is -0.900. The maximum Gasteiger partial charge on any atom is 0.272 e. The molecule has 11 heavy (non-hydrogen) atoms. The number of hydrogen-bond acceptors (Lipinski definition) is 2. The molecule has 0 aromatic carbocycles. The Kier molecular flexibility index (Phi) is 4.45. The molecule has 0 N–H and O–H groups in total. The minimum atomic E-state index is -0.494. The summed E-state index contributed by atoms with van der Waals surface area (Å²) in [6.07, 6.45) is 1.13. The summed E-state index contributed by atoms with van der Waals surface area (Å²) in [6.45, 7) is 1.63. The number of allylic oxidation sites excluding steroid dienone is 1. The van der Waals surface area contributed by atoms with Crippen LogP contribution >= 0.6 is 0 Å². The molecule has 0 atom stereocenters. The Morgan fingerprint density at radius 2 is 2.27 bits per heavy atom. The third kappa shape index (κ3) is 3.72. The quantitative estimate of drug-likeness (QED) is 0.460. The Balaban J connectivity index is 4.05. The average Bonchev–Trinajstić information content (AvgIpc) is 2.02. The van der Waals surface area contributed by atoms with Crippen LogP contribution in [-0.2, 0) is 9.63 Å². The van der Waals surface area contributed by atoms with Crippen LogP contribution in [0.4, 0.5) is 4.39 Å². The van der Waals surface area contributed by atoms with E-state index in [4.69, 9.17) is 0 Å². The van der Waals surface area contributed by atoms with Crippen molar-refractivity contribution in [2.24, 2.45) is 0 Å². The van der Waals surface area contributed by atoms with Crippen molar-refractivity contribution in [1.82, 2.24) is 5.06 Å². The molecule has 0 aliphatic rings. The lowest BCUT2D eigenvalue weighted by Crippen LogP contribution is -2.23. The molecule has 0 aromatic heterocycles. The summed E-state index contributed by atoms with van der Waals surface area (Å²) in [7, 11) is 2.76. The number of amides is 1. The van der Waals surface area contributed by atoms with Crippen molar-refractivity contribution in [3.05, 3.63) is 11.9 Å². The van der Waals surface area contributed by atoms with E-state index in [0.717, 1.165) is 11.1 Å². The van der Waals surface area contributed by atoms with Crippen LogP contribution in [0.15, 0.2) is 11.9 Å². The lowest BCUT2D eigenvalue weighted by atomic mass is 10.4. The number of hydroxylamine groups is 2. The van der Waals surface area contributed by atoms with Crippen LogP contribution in [0, 0.1) is 0 Å². The van der Waals surface area contributed by atoms with Crippen molar-refractivity contribution in [3.8, 4) is 0 Å².